The Kier molecular flexibility index (Phi) is 5.76. The first-order valence-electron chi connectivity index (χ1n) is 10.9. The zero-order chi connectivity index (χ0) is 24.0. The van der Waals surface area contributed by atoms with E-state index in [-0.39, 0.29) is 30.5 Å². The van der Waals surface area contributed by atoms with Crippen molar-refractivity contribution in [1.82, 2.24) is 10.6 Å². The van der Waals surface area contributed by atoms with Crippen LogP contribution in [0.1, 0.15) is 29.9 Å². The lowest BCUT2D eigenvalue weighted by atomic mass is 9.85. The maximum absolute atomic E-state index is 15.2. The van der Waals surface area contributed by atoms with E-state index < -0.39 is 29.5 Å². The van der Waals surface area contributed by atoms with Crippen LogP contribution in [0.3, 0.4) is 0 Å². The quantitative estimate of drug-likeness (QED) is 0.572. The summed E-state index contributed by atoms with van der Waals surface area (Å²) in [6.07, 6.45) is 0.884. The molecule has 0 unspecified atom stereocenters. The second kappa shape index (κ2) is 8.75. The highest BCUT2D eigenvalue weighted by Gasteiger charge is 2.38. The number of anilines is 2. The number of imide groups is 1. The monoisotopic (exact) mass is 490 g/mol. The van der Waals surface area contributed by atoms with E-state index in [9.17, 15) is 18.8 Å². The van der Waals surface area contributed by atoms with Crippen LogP contribution in [-0.4, -0.2) is 43.6 Å². The normalized spacial score (nSPS) is 19.7. The molecule has 2 fully saturated rings. The molecule has 0 aromatic heterocycles. The third-order valence-electron chi connectivity index (χ3n) is 6.27. The van der Waals surface area contributed by atoms with Gasteiger partial charge in [-0.05, 0) is 24.6 Å². The SMILES string of the molecule is O=C1CC[C@H](c2c(F)cc(N3CC(NC(=O)Nc4cc(Cl)ccc4F)C3)c3c2CCO3)C(=O)N1. The van der Waals surface area contributed by atoms with Gasteiger partial charge in [-0.25, -0.2) is 13.6 Å². The van der Waals surface area contributed by atoms with Gasteiger partial charge >= 0.3 is 6.03 Å². The molecular weight excluding hydrogens is 470 g/mol. The number of nitrogens with one attached hydrogen (secondary N) is 3. The fraction of sp³-hybridized carbons (Fsp3) is 0.348. The Balaban J connectivity index is 1.27. The Labute approximate surface area is 198 Å². The molecule has 0 spiro atoms. The number of carbonyl (C=O) groups is 3. The van der Waals surface area contributed by atoms with Crippen molar-refractivity contribution in [3.8, 4) is 5.75 Å². The van der Waals surface area contributed by atoms with Crippen LogP contribution in [0, 0.1) is 11.6 Å². The zero-order valence-electron chi connectivity index (χ0n) is 17.9. The number of halogens is 3. The first-order valence-corrected chi connectivity index (χ1v) is 11.3. The van der Waals surface area contributed by atoms with Gasteiger partial charge in [-0.15, -0.1) is 0 Å². The van der Waals surface area contributed by atoms with Crippen molar-refractivity contribution in [2.75, 3.05) is 29.9 Å². The number of hydrogen-bond donors (Lipinski definition) is 3. The van der Waals surface area contributed by atoms with Crippen molar-refractivity contribution in [3.05, 3.63) is 52.0 Å². The Morgan fingerprint density at radius 1 is 1.15 bits per heavy atom. The molecule has 2 aromatic carbocycles. The van der Waals surface area contributed by atoms with Gasteiger partial charge in [-0.3, -0.25) is 14.9 Å². The Hall–Kier alpha value is -3.40. The Bertz CT molecular complexity index is 1200. The number of amides is 4. The first-order chi connectivity index (χ1) is 16.3. The van der Waals surface area contributed by atoms with E-state index in [1.54, 1.807) is 0 Å². The molecule has 4 amide bonds. The topological polar surface area (TPSA) is 99.8 Å². The van der Waals surface area contributed by atoms with Crippen LogP contribution in [0.25, 0.3) is 0 Å². The predicted octanol–water partition coefficient (Wildman–Crippen LogP) is 3.08. The third-order valence-corrected chi connectivity index (χ3v) is 6.51. The van der Waals surface area contributed by atoms with Crippen molar-refractivity contribution < 1.29 is 27.9 Å². The smallest absolute Gasteiger partial charge is 0.319 e. The van der Waals surface area contributed by atoms with Gasteiger partial charge in [-0.1, -0.05) is 11.6 Å². The van der Waals surface area contributed by atoms with Crippen LogP contribution in [0.5, 0.6) is 5.75 Å². The van der Waals surface area contributed by atoms with E-state index in [2.05, 4.69) is 16.0 Å². The highest BCUT2D eigenvalue weighted by atomic mass is 35.5. The summed E-state index contributed by atoms with van der Waals surface area (Å²) in [7, 11) is 0. The van der Waals surface area contributed by atoms with E-state index in [0.717, 1.165) is 6.07 Å². The summed E-state index contributed by atoms with van der Waals surface area (Å²) in [5, 5.41) is 7.75. The van der Waals surface area contributed by atoms with Gasteiger partial charge in [-0.2, -0.15) is 0 Å². The standard InChI is InChI=1S/C23H21ClF2N4O4/c24-11-1-3-15(25)17(7-11)28-23(33)27-12-9-30(10-12)18-8-16(26)20(13-5-6-34-21(13)18)14-2-4-19(31)29-22(14)32/h1,3,7-8,12,14H,2,4-6,9-10H2,(H2,27,28,33)(H,29,31,32)/t14-/m1/s1. The lowest BCUT2D eigenvalue weighted by Crippen LogP contribution is -2.60. The second-order valence-corrected chi connectivity index (χ2v) is 8.96. The van der Waals surface area contributed by atoms with Crippen LogP contribution in [0.15, 0.2) is 24.3 Å². The first kappa shape index (κ1) is 22.4. The lowest BCUT2D eigenvalue weighted by molar-refractivity contribution is -0.134. The van der Waals surface area contributed by atoms with Gasteiger partial charge in [0.1, 0.15) is 17.4 Å². The molecule has 178 valence electrons. The van der Waals surface area contributed by atoms with Gasteiger partial charge in [0.05, 0.1) is 29.9 Å². The summed E-state index contributed by atoms with van der Waals surface area (Å²) < 4.78 is 34.8. The van der Waals surface area contributed by atoms with Gasteiger partial charge in [0.25, 0.3) is 0 Å². The molecule has 0 bridgehead atoms. The molecule has 2 saturated heterocycles. The number of nitrogens with zero attached hydrogens (tertiary/aromatic N) is 1. The molecule has 3 aliphatic rings. The van der Waals surface area contributed by atoms with Crippen LogP contribution in [0.2, 0.25) is 5.02 Å². The molecule has 1 atom stereocenters. The van der Waals surface area contributed by atoms with Gasteiger partial charge < -0.3 is 20.3 Å². The number of rotatable bonds is 4. The van der Waals surface area contributed by atoms with E-state index >= 15 is 4.39 Å². The maximum Gasteiger partial charge on any atom is 0.319 e. The third kappa shape index (κ3) is 4.13. The summed E-state index contributed by atoms with van der Waals surface area (Å²) in [5.41, 5.74) is 1.47. The largest absolute Gasteiger partial charge is 0.491 e. The molecule has 0 saturated carbocycles. The van der Waals surface area contributed by atoms with Crippen LogP contribution < -0.4 is 25.6 Å². The summed E-state index contributed by atoms with van der Waals surface area (Å²) in [6, 6.07) is 4.40. The minimum atomic E-state index is -0.733. The fourth-order valence-corrected chi connectivity index (χ4v) is 4.81. The Morgan fingerprint density at radius 2 is 1.94 bits per heavy atom. The van der Waals surface area contributed by atoms with Crippen molar-refractivity contribution in [2.24, 2.45) is 0 Å². The molecule has 3 aliphatic heterocycles. The van der Waals surface area contributed by atoms with Crippen molar-refractivity contribution in [1.29, 1.82) is 0 Å². The molecule has 3 heterocycles. The summed E-state index contributed by atoms with van der Waals surface area (Å²) in [4.78, 5) is 37.9. The summed E-state index contributed by atoms with van der Waals surface area (Å²) in [5.74, 6) is -2.17. The summed E-state index contributed by atoms with van der Waals surface area (Å²) in [6.45, 7) is 1.17. The molecule has 8 nitrogen and oxygen atoms in total. The number of piperidine rings is 1. The van der Waals surface area contributed by atoms with Gasteiger partial charge in [0.2, 0.25) is 11.8 Å². The number of ether oxygens (including phenoxy) is 1. The van der Waals surface area contributed by atoms with E-state index in [1.807, 2.05) is 4.90 Å². The average Bonchev–Trinajstić information content (AvgIpc) is 3.23. The minimum absolute atomic E-state index is 0.0292. The molecule has 3 N–H and O–H groups in total. The van der Waals surface area contributed by atoms with Crippen LogP contribution in [0.4, 0.5) is 25.0 Å². The number of carbonyl (C=O) groups excluding carboxylic acids is 3. The van der Waals surface area contributed by atoms with E-state index in [0.29, 0.717) is 53.7 Å². The van der Waals surface area contributed by atoms with Gasteiger partial charge in [0.15, 0.2) is 0 Å². The van der Waals surface area contributed by atoms with E-state index in [4.69, 9.17) is 16.3 Å². The Morgan fingerprint density at radius 3 is 2.71 bits per heavy atom. The molecule has 0 radical (unpaired) electrons. The van der Waals surface area contributed by atoms with E-state index in [1.165, 1.54) is 18.2 Å². The second-order valence-electron chi connectivity index (χ2n) is 8.53. The molecule has 5 rings (SSSR count). The highest BCUT2D eigenvalue weighted by molar-refractivity contribution is 6.30. The number of hydrogen-bond acceptors (Lipinski definition) is 5. The van der Waals surface area contributed by atoms with Crippen molar-refractivity contribution >= 4 is 40.8 Å². The predicted molar refractivity (Wildman–Crippen MR) is 120 cm³/mol. The number of fused-ring (bicyclic) bond motifs is 1. The van der Waals surface area contributed by atoms with Gasteiger partial charge in [0, 0.05) is 48.1 Å². The van der Waals surface area contributed by atoms with Crippen LogP contribution in [-0.2, 0) is 16.0 Å². The van der Waals surface area contributed by atoms with Crippen molar-refractivity contribution in [2.45, 2.75) is 31.2 Å². The molecular formula is C23H21ClF2N4O4. The fourth-order valence-electron chi connectivity index (χ4n) is 4.63. The van der Waals surface area contributed by atoms with Crippen LogP contribution >= 0.6 is 11.6 Å². The molecule has 34 heavy (non-hydrogen) atoms. The zero-order valence-corrected chi connectivity index (χ0v) is 18.7. The highest BCUT2D eigenvalue weighted by Crippen LogP contribution is 2.44. The number of benzene rings is 2. The summed E-state index contributed by atoms with van der Waals surface area (Å²) >= 11 is 5.84. The minimum Gasteiger partial charge on any atom is -0.491 e. The molecule has 2 aromatic rings. The molecule has 0 aliphatic carbocycles. The lowest BCUT2D eigenvalue weighted by Gasteiger charge is -2.42. The average molecular weight is 491 g/mol. The molecule has 11 heteroatoms. The maximum atomic E-state index is 15.2. The number of urea groups is 1. The van der Waals surface area contributed by atoms with Crippen molar-refractivity contribution in [3.63, 3.8) is 0 Å².